The molecule has 0 aromatic rings. The maximum Gasteiger partial charge on any atom is 0.332 e. The van der Waals surface area contributed by atoms with Crippen LogP contribution < -0.4 is 5.32 Å². The lowest BCUT2D eigenvalue weighted by Crippen LogP contribution is -2.26. The Kier molecular flexibility index (Phi) is 2.95. The van der Waals surface area contributed by atoms with E-state index in [0.29, 0.717) is 0 Å². The minimum atomic E-state index is -0.947. The molecule has 0 saturated carbocycles. The summed E-state index contributed by atoms with van der Waals surface area (Å²) in [6, 6.07) is -0.150. The molecular weight excluding hydrogens is 118 g/mol. The highest BCUT2D eigenvalue weighted by molar-refractivity contribution is 5.87. The van der Waals surface area contributed by atoms with E-state index in [2.05, 4.69) is 11.9 Å². The Hall–Kier alpha value is -0.830. The molecule has 1 atom stereocenters. The third-order valence-corrected chi connectivity index (χ3v) is 1.23. The Labute approximate surface area is 54.4 Å². The van der Waals surface area contributed by atoms with Crippen LogP contribution in [-0.2, 0) is 4.79 Å². The number of carboxylic acids is 1. The Morgan fingerprint density at radius 2 is 2.22 bits per heavy atom. The lowest BCUT2D eigenvalue weighted by molar-refractivity contribution is -0.132. The molecule has 0 fully saturated rings. The summed E-state index contributed by atoms with van der Waals surface area (Å²) in [5.74, 6) is -0.947. The van der Waals surface area contributed by atoms with Gasteiger partial charge in [-0.3, -0.25) is 0 Å². The first-order valence-corrected chi connectivity index (χ1v) is 2.69. The van der Waals surface area contributed by atoms with Crippen LogP contribution in [0.25, 0.3) is 0 Å². The van der Waals surface area contributed by atoms with E-state index in [1.165, 1.54) is 0 Å². The number of hydrogen-bond acceptors (Lipinski definition) is 2. The van der Waals surface area contributed by atoms with Gasteiger partial charge in [0.15, 0.2) is 0 Å². The molecule has 52 valence electrons. The molecule has 0 saturated heterocycles. The predicted octanol–water partition coefficient (Wildman–Crippen LogP) is 0.235. The summed E-state index contributed by atoms with van der Waals surface area (Å²) in [4.78, 5) is 10.2. The van der Waals surface area contributed by atoms with E-state index in [4.69, 9.17) is 5.11 Å². The van der Waals surface area contributed by atoms with Crippen molar-refractivity contribution in [3.63, 3.8) is 0 Å². The van der Waals surface area contributed by atoms with Crippen molar-refractivity contribution in [3.05, 3.63) is 12.2 Å². The largest absolute Gasteiger partial charge is 0.478 e. The van der Waals surface area contributed by atoms with E-state index in [1.54, 1.807) is 14.0 Å². The van der Waals surface area contributed by atoms with Gasteiger partial charge in [-0.05, 0) is 14.0 Å². The standard InChI is InChI=1S/C6H11NO2/c1-4(6(8)9)5(2)7-3/h5,7H,1H2,2-3H3,(H,8,9). The zero-order valence-corrected chi connectivity index (χ0v) is 5.64. The van der Waals surface area contributed by atoms with Crippen LogP contribution in [0.1, 0.15) is 6.92 Å². The molecule has 0 aliphatic heterocycles. The summed E-state index contributed by atoms with van der Waals surface area (Å²) >= 11 is 0. The van der Waals surface area contributed by atoms with Crippen LogP contribution >= 0.6 is 0 Å². The lowest BCUT2D eigenvalue weighted by Gasteiger charge is -2.07. The normalized spacial score (nSPS) is 12.7. The van der Waals surface area contributed by atoms with Crippen molar-refractivity contribution >= 4 is 5.97 Å². The first-order valence-electron chi connectivity index (χ1n) is 2.69. The minimum absolute atomic E-state index is 0.150. The molecule has 0 radical (unpaired) electrons. The average Bonchev–Trinajstić information content (AvgIpc) is 1.84. The van der Waals surface area contributed by atoms with Crippen molar-refractivity contribution in [3.8, 4) is 0 Å². The van der Waals surface area contributed by atoms with Crippen molar-refractivity contribution in [1.82, 2.24) is 5.32 Å². The zero-order chi connectivity index (χ0) is 7.44. The molecule has 0 heterocycles. The van der Waals surface area contributed by atoms with Crippen LogP contribution in [0.15, 0.2) is 12.2 Å². The monoisotopic (exact) mass is 129 g/mol. The highest BCUT2D eigenvalue weighted by Gasteiger charge is 2.09. The summed E-state index contributed by atoms with van der Waals surface area (Å²) in [5, 5.41) is 11.1. The van der Waals surface area contributed by atoms with Gasteiger partial charge < -0.3 is 10.4 Å². The van der Waals surface area contributed by atoms with E-state index in [-0.39, 0.29) is 11.6 Å². The van der Waals surface area contributed by atoms with Gasteiger partial charge in [0, 0.05) is 11.6 Å². The summed E-state index contributed by atoms with van der Waals surface area (Å²) < 4.78 is 0. The number of rotatable bonds is 3. The van der Waals surface area contributed by atoms with Crippen molar-refractivity contribution in [2.45, 2.75) is 13.0 Å². The zero-order valence-electron chi connectivity index (χ0n) is 5.64. The molecule has 0 spiro atoms. The number of carboxylic acid groups (broad SMARTS) is 1. The maximum absolute atomic E-state index is 10.2. The Morgan fingerprint density at radius 3 is 2.33 bits per heavy atom. The molecule has 0 aliphatic rings. The summed E-state index contributed by atoms with van der Waals surface area (Å²) in [7, 11) is 1.69. The van der Waals surface area contributed by atoms with Crippen LogP contribution in [0.4, 0.5) is 0 Å². The van der Waals surface area contributed by atoms with Gasteiger partial charge in [-0.1, -0.05) is 6.58 Å². The molecule has 0 aliphatic carbocycles. The molecule has 0 bridgehead atoms. The van der Waals surface area contributed by atoms with Crippen LogP contribution in [0.5, 0.6) is 0 Å². The number of likely N-dealkylation sites (N-methyl/N-ethyl adjacent to an activating group) is 1. The maximum atomic E-state index is 10.2. The Morgan fingerprint density at radius 1 is 1.78 bits per heavy atom. The summed E-state index contributed by atoms with van der Waals surface area (Å²) in [5.41, 5.74) is 0.192. The van der Waals surface area contributed by atoms with Gasteiger partial charge in [-0.25, -0.2) is 4.79 Å². The highest BCUT2D eigenvalue weighted by Crippen LogP contribution is 1.96. The number of carbonyl (C=O) groups is 1. The third-order valence-electron chi connectivity index (χ3n) is 1.23. The molecule has 0 amide bonds. The molecule has 2 N–H and O–H groups in total. The van der Waals surface area contributed by atoms with Crippen LogP contribution in [-0.4, -0.2) is 24.2 Å². The molecular formula is C6H11NO2. The molecule has 0 rings (SSSR count). The molecule has 1 unspecified atom stereocenters. The fourth-order valence-electron chi connectivity index (χ4n) is 0.359. The SMILES string of the molecule is C=C(C(=O)O)C(C)NC. The van der Waals surface area contributed by atoms with Crippen molar-refractivity contribution in [2.75, 3.05) is 7.05 Å². The van der Waals surface area contributed by atoms with E-state index in [1.807, 2.05) is 0 Å². The van der Waals surface area contributed by atoms with Gasteiger partial charge in [-0.2, -0.15) is 0 Å². The third kappa shape index (κ3) is 2.28. The molecule has 3 heteroatoms. The first-order chi connectivity index (χ1) is 4.09. The van der Waals surface area contributed by atoms with Crippen LogP contribution in [0.3, 0.4) is 0 Å². The number of nitrogens with one attached hydrogen (secondary N) is 1. The van der Waals surface area contributed by atoms with Gasteiger partial charge in [0.1, 0.15) is 0 Å². The molecule has 9 heavy (non-hydrogen) atoms. The topological polar surface area (TPSA) is 49.3 Å². The predicted molar refractivity (Wildman–Crippen MR) is 35.3 cm³/mol. The van der Waals surface area contributed by atoms with E-state index < -0.39 is 5.97 Å². The first kappa shape index (κ1) is 8.17. The average molecular weight is 129 g/mol. The van der Waals surface area contributed by atoms with Gasteiger partial charge in [0.2, 0.25) is 0 Å². The van der Waals surface area contributed by atoms with Gasteiger partial charge in [0.25, 0.3) is 0 Å². The van der Waals surface area contributed by atoms with E-state index in [0.717, 1.165) is 0 Å². The highest BCUT2D eigenvalue weighted by atomic mass is 16.4. The summed E-state index contributed by atoms with van der Waals surface area (Å²) in [6.07, 6.45) is 0. The van der Waals surface area contributed by atoms with Crippen molar-refractivity contribution < 1.29 is 9.90 Å². The second-order valence-electron chi connectivity index (χ2n) is 1.84. The van der Waals surface area contributed by atoms with Crippen molar-refractivity contribution in [1.29, 1.82) is 0 Å². The van der Waals surface area contributed by atoms with Gasteiger partial charge in [0.05, 0.1) is 0 Å². The van der Waals surface area contributed by atoms with E-state index in [9.17, 15) is 4.79 Å². The van der Waals surface area contributed by atoms with Gasteiger partial charge in [-0.15, -0.1) is 0 Å². The minimum Gasteiger partial charge on any atom is -0.478 e. The smallest absolute Gasteiger partial charge is 0.332 e. The van der Waals surface area contributed by atoms with E-state index >= 15 is 0 Å². The molecule has 3 nitrogen and oxygen atoms in total. The lowest BCUT2D eigenvalue weighted by atomic mass is 10.1. The fourth-order valence-corrected chi connectivity index (χ4v) is 0.359. The second-order valence-corrected chi connectivity index (χ2v) is 1.84. The Balaban J connectivity index is 3.88. The van der Waals surface area contributed by atoms with Crippen molar-refractivity contribution in [2.24, 2.45) is 0 Å². The van der Waals surface area contributed by atoms with Crippen LogP contribution in [0.2, 0.25) is 0 Å². The number of hydrogen-bond donors (Lipinski definition) is 2. The quantitative estimate of drug-likeness (QED) is 0.536. The molecule has 0 aromatic heterocycles. The number of aliphatic carboxylic acids is 1. The van der Waals surface area contributed by atoms with Gasteiger partial charge >= 0.3 is 5.97 Å². The Bertz CT molecular complexity index is 131. The summed E-state index contributed by atoms with van der Waals surface area (Å²) in [6.45, 7) is 5.11. The second kappa shape index (κ2) is 3.25. The van der Waals surface area contributed by atoms with Crippen LogP contribution in [0, 0.1) is 0 Å². The molecule has 0 aromatic carbocycles. The fraction of sp³-hybridized carbons (Fsp3) is 0.500.